The second-order valence-corrected chi connectivity index (χ2v) is 5.30. The fourth-order valence-corrected chi connectivity index (χ4v) is 2.30. The molecule has 1 amide bonds. The normalized spacial score (nSPS) is 12.4. The molecule has 0 aliphatic carbocycles. The van der Waals surface area contributed by atoms with Gasteiger partial charge in [0.05, 0.1) is 0 Å². The van der Waals surface area contributed by atoms with Crippen molar-refractivity contribution in [3.05, 3.63) is 34.7 Å². The monoisotopic (exact) mass is 293 g/mol. The average molecular weight is 293 g/mol. The lowest BCUT2D eigenvalue weighted by Crippen LogP contribution is -2.37. The lowest BCUT2D eigenvalue weighted by Gasteiger charge is -2.19. The Hall–Kier alpha value is -1.62. The second kappa shape index (κ2) is 9.34. The summed E-state index contributed by atoms with van der Waals surface area (Å²) < 4.78 is 1.41. The largest absolute Gasteiger partial charge is 0.352 e. The van der Waals surface area contributed by atoms with Crippen LogP contribution in [0.4, 0.5) is 0 Å². The molecule has 0 fully saturated rings. The third-order valence-electron chi connectivity index (χ3n) is 3.63. The number of nitrogens with one attached hydrogen (secondary N) is 1. The molecule has 0 saturated carbocycles. The number of rotatable bonds is 9. The minimum Gasteiger partial charge on any atom is -0.352 e. The van der Waals surface area contributed by atoms with Crippen molar-refractivity contribution in [2.24, 2.45) is 0 Å². The Morgan fingerprint density at radius 3 is 2.67 bits per heavy atom. The van der Waals surface area contributed by atoms with Gasteiger partial charge in [-0.2, -0.15) is 0 Å². The van der Waals surface area contributed by atoms with E-state index in [4.69, 9.17) is 0 Å². The predicted molar refractivity (Wildman–Crippen MR) is 85.3 cm³/mol. The molecule has 118 valence electrons. The molecule has 1 aromatic heterocycles. The summed E-state index contributed by atoms with van der Waals surface area (Å²) in [5.74, 6) is -0.112. The fraction of sp³-hybridized carbons (Fsp3) is 0.625. The van der Waals surface area contributed by atoms with Gasteiger partial charge in [0.25, 0.3) is 5.56 Å². The molecule has 1 atom stereocenters. The van der Waals surface area contributed by atoms with E-state index in [9.17, 15) is 9.59 Å². The Bertz CT molecular complexity index is 480. The summed E-state index contributed by atoms with van der Waals surface area (Å²) in [6, 6.07) is 5.02. The van der Waals surface area contributed by atoms with Crippen LogP contribution < -0.4 is 10.9 Å². The number of hydrogen-bond donors (Lipinski definition) is 1. The number of carbonyl (C=O) groups excluding carboxylic acids is 1. The first-order valence-corrected chi connectivity index (χ1v) is 7.74. The van der Waals surface area contributed by atoms with Crippen molar-refractivity contribution in [2.75, 3.05) is 19.6 Å². The van der Waals surface area contributed by atoms with Crippen molar-refractivity contribution in [2.45, 2.75) is 46.2 Å². The van der Waals surface area contributed by atoms with Crippen LogP contribution in [0.3, 0.4) is 0 Å². The summed E-state index contributed by atoms with van der Waals surface area (Å²) in [5.41, 5.74) is -0.151. The average Bonchev–Trinajstić information content (AvgIpc) is 2.46. The summed E-state index contributed by atoms with van der Waals surface area (Å²) >= 11 is 0. The van der Waals surface area contributed by atoms with E-state index in [1.807, 2.05) is 6.92 Å². The Morgan fingerprint density at radius 2 is 2.05 bits per heavy atom. The Kier molecular flexibility index (Phi) is 7.75. The van der Waals surface area contributed by atoms with Crippen LogP contribution in [0.15, 0.2) is 29.2 Å². The molecule has 1 rings (SSSR count). The minimum absolute atomic E-state index is 0.0834. The number of hydrogen-bond acceptors (Lipinski definition) is 3. The number of amides is 1. The van der Waals surface area contributed by atoms with Crippen LogP contribution in [0.5, 0.6) is 0 Å². The van der Waals surface area contributed by atoms with Gasteiger partial charge in [0.1, 0.15) is 6.54 Å². The van der Waals surface area contributed by atoms with E-state index in [1.54, 1.807) is 18.3 Å². The van der Waals surface area contributed by atoms with Gasteiger partial charge in [-0.25, -0.2) is 0 Å². The first-order valence-electron chi connectivity index (χ1n) is 7.74. The van der Waals surface area contributed by atoms with E-state index < -0.39 is 0 Å². The molecule has 0 unspecified atom stereocenters. The van der Waals surface area contributed by atoms with E-state index in [1.165, 1.54) is 10.6 Å². The zero-order chi connectivity index (χ0) is 15.7. The maximum atomic E-state index is 11.9. The molecule has 1 heterocycles. The minimum atomic E-state index is -0.151. The molecule has 0 aliphatic rings. The van der Waals surface area contributed by atoms with Crippen LogP contribution in [-0.4, -0.2) is 41.1 Å². The third kappa shape index (κ3) is 6.58. The van der Waals surface area contributed by atoms with Gasteiger partial charge in [0, 0.05) is 18.3 Å². The standard InChI is InChI=1S/C16H27N3O2/c1-4-18(5-2)11-8-9-14(3)17-15(20)13-19-12-7-6-10-16(19)21/h6-7,10,12,14H,4-5,8-9,11,13H2,1-3H3,(H,17,20)/t14-/m0/s1. The van der Waals surface area contributed by atoms with Gasteiger partial charge in [-0.1, -0.05) is 19.9 Å². The molecule has 0 aliphatic heterocycles. The summed E-state index contributed by atoms with van der Waals surface area (Å²) in [7, 11) is 0. The molecule has 0 bridgehead atoms. The lowest BCUT2D eigenvalue weighted by atomic mass is 10.1. The zero-order valence-electron chi connectivity index (χ0n) is 13.3. The molecule has 0 saturated heterocycles. The van der Waals surface area contributed by atoms with E-state index in [0.717, 1.165) is 32.5 Å². The Morgan fingerprint density at radius 1 is 1.33 bits per heavy atom. The lowest BCUT2D eigenvalue weighted by molar-refractivity contribution is -0.122. The quantitative estimate of drug-likeness (QED) is 0.750. The molecule has 1 aromatic rings. The summed E-state index contributed by atoms with van der Waals surface area (Å²) in [5, 5.41) is 2.95. The van der Waals surface area contributed by atoms with Gasteiger partial charge in [0.15, 0.2) is 0 Å². The number of pyridine rings is 1. The predicted octanol–water partition coefficient (Wildman–Crippen LogP) is 1.47. The highest BCUT2D eigenvalue weighted by Gasteiger charge is 2.09. The number of carbonyl (C=O) groups is 1. The van der Waals surface area contributed by atoms with Gasteiger partial charge < -0.3 is 14.8 Å². The molecular formula is C16H27N3O2. The zero-order valence-corrected chi connectivity index (χ0v) is 13.3. The SMILES string of the molecule is CCN(CC)CCC[C@H](C)NC(=O)Cn1ccccc1=O. The fourth-order valence-electron chi connectivity index (χ4n) is 2.30. The molecule has 0 radical (unpaired) electrons. The van der Waals surface area contributed by atoms with Gasteiger partial charge in [0.2, 0.25) is 5.91 Å². The molecule has 5 heteroatoms. The Labute approximate surface area is 127 Å². The van der Waals surface area contributed by atoms with E-state index >= 15 is 0 Å². The van der Waals surface area contributed by atoms with Crippen LogP contribution in [-0.2, 0) is 11.3 Å². The van der Waals surface area contributed by atoms with E-state index in [0.29, 0.717) is 0 Å². The van der Waals surface area contributed by atoms with Crippen molar-refractivity contribution in [3.63, 3.8) is 0 Å². The highest BCUT2D eigenvalue weighted by molar-refractivity contribution is 5.75. The van der Waals surface area contributed by atoms with Crippen molar-refractivity contribution in [1.29, 1.82) is 0 Å². The molecular weight excluding hydrogens is 266 g/mol. The van der Waals surface area contributed by atoms with Crippen LogP contribution in [0, 0.1) is 0 Å². The first-order chi connectivity index (χ1) is 10.1. The van der Waals surface area contributed by atoms with Gasteiger partial charge in [-0.15, -0.1) is 0 Å². The van der Waals surface area contributed by atoms with Crippen LogP contribution in [0.25, 0.3) is 0 Å². The van der Waals surface area contributed by atoms with Crippen molar-refractivity contribution in [1.82, 2.24) is 14.8 Å². The summed E-state index contributed by atoms with van der Waals surface area (Å²) in [4.78, 5) is 25.8. The smallest absolute Gasteiger partial charge is 0.250 e. The maximum absolute atomic E-state index is 11.9. The van der Waals surface area contributed by atoms with Gasteiger partial charge in [-0.05, 0) is 45.5 Å². The molecule has 5 nitrogen and oxygen atoms in total. The van der Waals surface area contributed by atoms with Crippen LogP contribution >= 0.6 is 0 Å². The van der Waals surface area contributed by atoms with E-state index in [2.05, 4.69) is 24.1 Å². The van der Waals surface area contributed by atoms with Crippen LogP contribution in [0.1, 0.15) is 33.6 Å². The van der Waals surface area contributed by atoms with Crippen molar-refractivity contribution >= 4 is 5.91 Å². The van der Waals surface area contributed by atoms with Gasteiger partial charge >= 0.3 is 0 Å². The van der Waals surface area contributed by atoms with E-state index in [-0.39, 0.29) is 24.1 Å². The highest BCUT2D eigenvalue weighted by atomic mass is 16.2. The third-order valence-corrected chi connectivity index (χ3v) is 3.63. The molecule has 1 N–H and O–H groups in total. The molecule has 21 heavy (non-hydrogen) atoms. The van der Waals surface area contributed by atoms with Crippen LogP contribution in [0.2, 0.25) is 0 Å². The first kappa shape index (κ1) is 17.4. The van der Waals surface area contributed by atoms with Crippen molar-refractivity contribution < 1.29 is 4.79 Å². The maximum Gasteiger partial charge on any atom is 0.250 e. The highest BCUT2D eigenvalue weighted by Crippen LogP contribution is 1.99. The number of aromatic nitrogens is 1. The molecule has 0 spiro atoms. The summed E-state index contributed by atoms with van der Waals surface area (Å²) in [6.07, 6.45) is 3.65. The van der Waals surface area contributed by atoms with Crippen molar-refractivity contribution in [3.8, 4) is 0 Å². The second-order valence-electron chi connectivity index (χ2n) is 5.30. The van der Waals surface area contributed by atoms with Gasteiger partial charge in [-0.3, -0.25) is 9.59 Å². The number of nitrogens with zero attached hydrogens (tertiary/aromatic N) is 2. The summed E-state index contributed by atoms with van der Waals surface area (Å²) in [6.45, 7) is 9.60. The topological polar surface area (TPSA) is 54.3 Å². The Balaban J connectivity index is 2.31. The molecule has 0 aromatic carbocycles.